The van der Waals surface area contributed by atoms with Crippen LogP contribution in [0.4, 0.5) is 0 Å². The van der Waals surface area contributed by atoms with E-state index in [1.807, 2.05) is 29.2 Å². The number of benzene rings is 1. The van der Waals surface area contributed by atoms with Gasteiger partial charge in [-0.1, -0.05) is 30.7 Å². The Kier molecular flexibility index (Phi) is 8.37. The fraction of sp³-hybridized carbons (Fsp3) is 0.652. The first-order valence-corrected chi connectivity index (χ1v) is 11.5. The van der Waals surface area contributed by atoms with Crippen molar-refractivity contribution in [1.29, 1.82) is 0 Å². The summed E-state index contributed by atoms with van der Waals surface area (Å²) in [6.07, 6.45) is 6.33. The molecule has 1 N–H and O–H groups in total. The van der Waals surface area contributed by atoms with Crippen molar-refractivity contribution in [2.75, 3.05) is 32.7 Å². The van der Waals surface area contributed by atoms with Gasteiger partial charge in [-0.2, -0.15) is 0 Å². The number of halogens is 1. The lowest BCUT2D eigenvalue weighted by Crippen LogP contribution is -2.41. The van der Waals surface area contributed by atoms with Gasteiger partial charge in [-0.05, 0) is 68.8 Å². The number of piperidine rings is 1. The van der Waals surface area contributed by atoms with Crippen LogP contribution in [0.25, 0.3) is 0 Å². The Bertz CT molecular complexity index is 688. The first-order valence-electron chi connectivity index (χ1n) is 11.1. The van der Waals surface area contributed by atoms with Crippen LogP contribution in [0, 0.1) is 5.92 Å². The predicted molar refractivity (Wildman–Crippen MR) is 117 cm³/mol. The van der Waals surface area contributed by atoms with E-state index in [0.29, 0.717) is 29.8 Å². The Morgan fingerprint density at radius 3 is 2.69 bits per heavy atom. The van der Waals surface area contributed by atoms with Crippen molar-refractivity contribution in [3.05, 3.63) is 34.9 Å². The standard InChI is InChI=1S/C23H34ClN3O2/c1-2-26-12-4-7-21(26)17-25-22(28)9-8-18-10-13-27(14-11-18)23(29)16-19-5-3-6-20(24)15-19/h3,5-6,15,18,21H,2,4,7-14,16-17H2,1H3,(H,25,28). The first kappa shape index (κ1) is 22.1. The second-order valence-corrected chi connectivity index (χ2v) is 8.83. The minimum absolute atomic E-state index is 0.167. The van der Waals surface area contributed by atoms with Gasteiger partial charge in [0.25, 0.3) is 0 Å². The Morgan fingerprint density at radius 1 is 1.17 bits per heavy atom. The van der Waals surface area contributed by atoms with Gasteiger partial charge in [-0.3, -0.25) is 14.5 Å². The molecular weight excluding hydrogens is 386 g/mol. The SMILES string of the molecule is CCN1CCCC1CNC(=O)CCC1CCN(C(=O)Cc2cccc(Cl)c2)CC1. The van der Waals surface area contributed by atoms with E-state index in [1.54, 1.807) is 0 Å². The summed E-state index contributed by atoms with van der Waals surface area (Å²) in [7, 11) is 0. The van der Waals surface area contributed by atoms with Gasteiger partial charge in [-0.15, -0.1) is 0 Å². The minimum Gasteiger partial charge on any atom is -0.355 e. The third-order valence-electron chi connectivity index (χ3n) is 6.43. The van der Waals surface area contributed by atoms with Crippen LogP contribution in [0.1, 0.15) is 51.0 Å². The Morgan fingerprint density at radius 2 is 1.97 bits per heavy atom. The molecule has 0 aliphatic carbocycles. The Balaban J connectivity index is 1.32. The van der Waals surface area contributed by atoms with Gasteiger partial charge in [0.2, 0.25) is 11.8 Å². The second kappa shape index (κ2) is 11.0. The molecule has 0 spiro atoms. The summed E-state index contributed by atoms with van der Waals surface area (Å²) in [6, 6.07) is 8.02. The van der Waals surface area contributed by atoms with E-state index in [1.165, 1.54) is 12.8 Å². The van der Waals surface area contributed by atoms with Gasteiger partial charge in [0.1, 0.15) is 0 Å². The number of hydrogen-bond donors (Lipinski definition) is 1. The van der Waals surface area contributed by atoms with Crippen LogP contribution in [-0.2, 0) is 16.0 Å². The van der Waals surface area contributed by atoms with Crippen LogP contribution in [0.15, 0.2) is 24.3 Å². The number of carbonyl (C=O) groups is 2. The smallest absolute Gasteiger partial charge is 0.226 e. The lowest BCUT2D eigenvalue weighted by molar-refractivity contribution is -0.132. The highest BCUT2D eigenvalue weighted by Gasteiger charge is 2.25. The van der Waals surface area contributed by atoms with Gasteiger partial charge in [0, 0.05) is 37.1 Å². The molecule has 0 radical (unpaired) electrons. The number of nitrogens with zero attached hydrogens (tertiary/aromatic N) is 2. The van der Waals surface area contributed by atoms with Crippen molar-refractivity contribution in [1.82, 2.24) is 15.1 Å². The van der Waals surface area contributed by atoms with Crippen molar-refractivity contribution in [2.24, 2.45) is 5.92 Å². The normalized spacial score (nSPS) is 20.8. The number of likely N-dealkylation sites (tertiary alicyclic amines) is 2. The maximum Gasteiger partial charge on any atom is 0.226 e. The topological polar surface area (TPSA) is 52.7 Å². The average molecular weight is 420 g/mol. The maximum absolute atomic E-state index is 12.5. The molecule has 0 saturated carbocycles. The van der Waals surface area contributed by atoms with Crippen molar-refractivity contribution >= 4 is 23.4 Å². The molecule has 29 heavy (non-hydrogen) atoms. The summed E-state index contributed by atoms with van der Waals surface area (Å²) in [5, 5.41) is 3.80. The molecule has 2 amide bonds. The molecule has 0 bridgehead atoms. The average Bonchev–Trinajstić information content (AvgIpc) is 3.18. The highest BCUT2D eigenvalue weighted by atomic mass is 35.5. The van der Waals surface area contributed by atoms with E-state index in [4.69, 9.17) is 11.6 Å². The van der Waals surface area contributed by atoms with Crippen molar-refractivity contribution in [3.8, 4) is 0 Å². The summed E-state index contributed by atoms with van der Waals surface area (Å²) < 4.78 is 0. The summed E-state index contributed by atoms with van der Waals surface area (Å²) in [6.45, 7) is 6.77. The van der Waals surface area contributed by atoms with Crippen LogP contribution in [0.3, 0.4) is 0 Å². The van der Waals surface area contributed by atoms with Gasteiger partial charge < -0.3 is 10.2 Å². The van der Waals surface area contributed by atoms with E-state index in [9.17, 15) is 9.59 Å². The van der Waals surface area contributed by atoms with Crippen molar-refractivity contribution in [3.63, 3.8) is 0 Å². The van der Waals surface area contributed by atoms with E-state index >= 15 is 0 Å². The zero-order chi connectivity index (χ0) is 20.6. The van der Waals surface area contributed by atoms with Gasteiger partial charge in [0.15, 0.2) is 0 Å². The van der Waals surface area contributed by atoms with Gasteiger partial charge in [-0.25, -0.2) is 0 Å². The Labute approximate surface area is 179 Å². The number of hydrogen-bond acceptors (Lipinski definition) is 3. The quantitative estimate of drug-likeness (QED) is 0.701. The molecule has 1 unspecified atom stereocenters. The lowest BCUT2D eigenvalue weighted by Gasteiger charge is -2.32. The van der Waals surface area contributed by atoms with Crippen LogP contribution in [-0.4, -0.2) is 60.4 Å². The minimum atomic E-state index is 0.167. The number of amides is 2. The summed E-state index contributed by atoms with van der Waals surface area (Å²) in [4.78, 5) is 29.2. The molecule has 2 aliphatic heterocycles. The zero-order valence-corrected chi connectivity index (χ0v) is 18.3. The fourth-order valence-corrected chi connectivity index (χ4v) is 4.82. The monoisotopic (exact) mass is 419 g/mol. The van der Waals surface area contributed by atoms with E-state index < -0.39 is 0 Å². The largest absolute Gasteiger partial charge is 0.355 e. The van der Waals surface area contributed by atoms with E-state index in [2.05, 4.69) is 17.1 Å². The van der Waals surface area contributed by atoms with Crippen molar-refractivity contribution in [2.45, 2.75) is 57.9 Å². The zero-order valence-electron chi connectivity index (χ0n) is 17.5. The molecule has 6 heteroatoms. The molecule has 0 aromatic heterocycles. The summed E-state index contributed by atoms with van der Waals surface area (Å²) in [5.41, 5.74) is 0.963. The molecule has 1 atom stereocenters. The van der Waals surface area contributed by atoms with E-state index in [0.717, 1.165) is 57.5 Å². The van der Waals surface area contributed by atoms with Crippen LogP contribution < -0.4 is 5.32 Å². The lowest BCUT2D eigenvalue weighted by atomic mass is 9.91. The molecule has 2 saturated heterocycles. The highest BCUT2D eigenvalue weighted by molar-refractivity contribution is 6.30. The highest BCUT2D eigenvalue weighted by Crippen LogP contribution is 2.23. The molecule has 5 nitrogen and oxygen atoms in total. The number of rotatable bonds is 8. The van der Waals surface area contributed by atoms with Gasteiger partial charge >= 0.3 is 0 Å². The summed E-state index contributed by atoms with van der Waals surface area (Å²) >= 11 is 6.01. The van der Waals surface area contributed by atoms with Crippen molar-refractivity contribution < 1.29 is 9.59 Å². The number of likely N-dealkylation sites (N-methyl/N-ethyl adjacent to an activating group) is 1. The first-order chi connectivity index (χ1) is 14.0. The third-order valence-corrected chi connectivity index (χ3v) is 6.67. The fourth-order valence-electron chi connectivity index (χ4n) is 4.60. The molecule has 160 valence electrons. The molecule has 2 fully saturated rings. The summed E-state index contributed by atoms with van der Waals surface area (Å²) in [5.74, 6) is 0.877. The predicted octanol–water partition coefficient (Wildman–Crippen LogP) is 3.50. The van der Waals surface area contributed by atoms with Crippen LogP contribution in [0.5, 0.6) is 0 Å². The molecule has 2 aliphatic rings. The van der Waals surface area contributed by atoms with Crippen LogP contribution in [0.2, 0.25) is 5.02 Å². The van der Waals surface area contributed by atoms with E-state index in [-0.39, 0.29) is 11.8 Å². The Hall–Kier alpha value is -1.59. The molecule has 1 aromatic carbocycles. The second-order valence-electron chi connectivity index (χ2n) is 8.40. The maximum atomic E-state index is 12.5. The number of nitrogens with one attached hydrogen (secondary N) is 1. The number of carbonyl (C=O) groups excluding carboxylic acids is 2. The van der Waals surface area contributed by atoms with Crippen LogP contribution >= 0.6 is 11.6 Å². The third kappa shape index (κ3) is 6.71. The molecule has 1 aromatic rings. The molecule has 2 heterocycles. The molecule has 3 rings (SSSR count). The van der Waals surface area contributed by atoms with Gasteiger partial charge in [0.05, 0.1) is 6.42 Å². The molecular formula is C23H34ClN3O2.